The first-order valence-corrected chi connectivity index (χ1v) is 35.9. The maximum Gasteiger partial charge on any atom is 0.309 e. The van der Waals surface area contributed by atoms with Crippen LogP contribution in [0.5, 0.6) is 0 Å². The second-order valence-electron chi connectivity index (χ2n) is 32.9. The molecule has 88 heavy (non-hydrogen) atoms. The molecule has 4 unspecified atom stereocenters. The van der Waals surface area contributed by atoms with E-state index in [2.05, 4.69) is 69.2 Å². The van der Waals surface area contributed by atoms with Gasteiger partial charge in [-0.15, -0.1) is 0 Å². The highest BCUT2D eigenvalue weighted by Crippen LogP contribution is 2.32. The average Bonchev–Trinajstić information content (AvgIpc) is 3.56. The number of hydrogen-bond acceptors (Lipinski definition) is 10. The monoisotopic (exact) mass is 1260 g/mol. The Morgan fingerprint density at radius 2 is 0.443 bits per heavy atom. The fourth-order valence-electron chi connectivity index (χ4n) is 10.1. The topological polar surface area (TPSA) is 230 Å². The van der Waals surface area contributed by atoms with Crippen molar-refractivity contribution < 1.29 is 60.0 Å². The first kappa shape index (κ1) is 92.4. The number of carbonyl (C=O) groups excluding carboxylic acids is 2. The minimum atomic E-state index is -0.763. The van der Waals surface area contributed by atoms with Crippen molar-refractivity contribution in [2.24, 2.45) is 43.3 Å². The normalized spacial score (nSPS) is 14.1. The summed E-state index contributed by atoms with van der Waals surface area (Å²) in [6.07, 6.45) is 37.6. The number of hydrogen-bond donors (Lipinski definition) is 8. The molecule has 4 atom stereocenters. The lowest BCUT2D eigenvalue weighted by Crippen LogP contribution is -2.23. The minimum Gasteiger partial charge on any atom is -0.481 e. The molecule has 0 heterocycles. The zero-order valence-corrected chi connectivity index (χ0v) is 61.8. The summed E-state index contributed by atoms with van der Waals surface area (Å²) in [6.45, 7) is 41.0. The molecule has 0 amide bonds. The van der Waals surface area contributed by atoms with Gasteiger partial charge >= 0.3 is 11.9 Å². The van der Waals surface area contributed by atoms with Gasteiger partial charge in [0.25, 0.3) is 0 Å². The first-order chi connectivity index (χ1) is 40.4. The summed E-state index contributed by atoms with van der Waals surface area (Å²) < 4.78 is 0. The third-order valence-electron chi connectivity index (χ3n) is 19.8. The number of carbonyl (C=O) groups is 4. The number of aliphatic hydroxyl groups is 6. The van der Waals surface area contributed by atoms with Crippen LogP contribution < -0.4 is 0 Å². The zero-order chi connectivity index (χ0) is 68.9. The minimum absolute atomic E-state index is 0.0384. The van der Waals surface area contributed by atoms with Crippen LogP contribution in [0.25, 0.3) is 0 Å². The molecule has 0 aromatic rings. The molecule has 0 spiro atoms. The van der Waals surface area contributed by atoms with Crippen LogP contribution in [0.2, 0.25) is 0 Å². The molecule has 0 aromatic carbocycles. The predicted molar refractivity (Wildman–Crippen MR) is 372 cm³/mol. The van der Waals surface area contributed by atoms with Gasteiger partial charge in [-0.25, -0.2) is 0 Å². The molecule has 8 N–H and O–H groups in total. The van der Waals surface area contributed by atoms with Crippen molar-refractivity contribution in [2.75, 3.05) is 13.2 Å². The molecule has 0 aromatic heterocycles. The van der Waals surface area contributed by atoms with Gasteiger partial charge in [0.15, 0.2) is 0 Å². The van der Waals surface area contributed by atoms with Crippen LogP contribution in [-0.4, -0.2) is 102 Å². The maximum atomic E-state index is 11.4. The Hall–Kier alpha value is -1.96. The Kier molecular flexibility index (Phi) is 52.1. The van der Waals surface area contributed by atoms with Gasteiger partial charge in [-0.3, -0.25) is 19.2 Å². The lowest BCUT2D eigenvalue weighted by atomic mass is 9.83. The van der Waals surface area contributed by atoms with E-state index in [1.54, 1.807) is 41.5 Å². The third-order valence-corrected chi connectivity index (χ3v) is 19.8. The lowest BCUT2D eigenvalue weighted by Gasteiger charge is -2.23. The van der Waals surface area contributed by atoms with Crippen molar-refractivity contribution >= 4 is 23.5 Å². The molecule has 12 nitrogen and oxygen atoms in total. The number of unbranched alkanes of at least 4 members (excludes halogenated alkanes) is 12. The van der Waals surface area contributed by atoms with E-state index in [-0.39, 0.29) is 70.9 Å². The van der Waals surface area contributed by atoms with Crippen LogP contribution >= 0.6 is 0 Å². The summed E-state index contributed by atoms with van der Waals surface area (Å²) in [7, 11) is 0. The van der Waals surface area contributed by atoms with E-state index in [1.165, 1.54) is 57.8 Å². The molecule has 0 aliphatic rings. The molecule has 528 valence electrons. The molecule has 12 heteroatoms. The number of rotatable bonds is 52. The molecule has 0 rings (SSSR count). The molecule has 0 fully saturated rings. The number of ketones is 2. The molecular weight excluding hydrogens is 1100 g/mol. The average molecular weight is 1260 g/mol. The largest absolute Gasteiger partial charge is 0.481 e. The smallest absolute Gasteiger partial charge is 0.309 e. The van der Waals surface area contributed by atoms with Crippen LogP contribution in [0.4, 0.5) is 0 Å². The summed E-state index contributed by atoms with van der Waals surface area (Å²) in [5, 5.41) is 76.4. The van der Waals surface area contributed by atoms with E-state index in [0.717, 1.165) is 173 Å². The Labute approximate surface area is 544 Å². The zero-order valence-electron chi connectivity index (χ0n) is 61.8. The quantitative estimate of drug-likeness (QED) is 0.0266. The number of carboxylic acids is 2. The lowest BCUT2D eigenvalue weighted by molar-refractivity contribution is -0.148. The van der Waals surface area contributed by atoms with Crippen molar-refractivity contribution in [1.82, 2.24) is 0 Å². The fourth-order valence-corrected chi connectivity index (χ4v) is 10.1. The third kappa shape index (κ3) is 55.7. The number of Topliss-reactive ketones (excluding diaryl/α,β-unsaturated/α-hetero) is 2. The van der Waals surface area contributed by atoms with Crippen molar-refractivity contribution in [1.29, 1.82) is 0 Å². The van der Waals surface area contributed by atoms with Crippen LogP contribution in [0.15, 0.2) is 0 Å². The molecule has 0 aliphatic heterocycles. The van der Waals surface area contributed by atoms with Gasteiger partial charge in [0.1, 0.15) is 11.6 Å². The van der Waals surface area contributed by atoms with E-state index in [0.29, 0.717) is 23.7 Å². The highest BCUT2D eigenvalue weighted by atomic mass is 16.4. The van der Waals surface area contributed by atoms with Gasteiger partial charge in [0, 0.05) is 24.0 Å². The molecule has 0 saturated carbocycles. The summed E-state index contributed by atoms with van der Waals surface area (Å²) >= 11 is 0. The fraction of sp³-hybridized carbons (Fsp3) is 0.947. The van der Waals surface area contributed by atoms with Gasteiger partial charge in [-0.05, 0) is 166 Å². The molecule has 0 bridgehead atoms. The second-order valence-corrected chi connectivity index (χ2v) is 32.9. The Morgan fingerprint density at radius 3 is 0.636 bits per heavy atom. The van der Waals surface area contributed by atoms with Crippen molar-refractivity contribution in [3.63, 3.8) is 0 Å². The van der Waals surface area contributed by atoms with Crippen LogP contribution in [0.1, 0.15) is 382 Å². The van der Waals surface area contributed by atoms with Gasteiger partial charge in [-0.1, -0.05) is 238 Å². The standard InChI is InChI=1S/C20H38O4.C20H42O2.C18H34O4.C18H38O2/c1-16(21)19(2,3)14-10-6-8-12-17(22)13-9-7-11-15-20(4,5)18(23)24;1-6-19(2,3)15-11-7-9-13-18(22)14-10-8-12-16-20(4,5)17-21;1-14(19)17(2,3)12-8-6-10-15(20)11-7-9-13-18(4,5)16(21)22;1-6-17(2,3)13-9-7-11-16(20)12-8-10-14-18(4,5)15-19/h17,22H,6-15H2,1-5H3,(H,23,24);18,21-22H,6-17H2,1-5H3;15,20H,6-13H2,1-5H3,(H,21,22);16,19-20H,6-15H2,1-5H3. The maximum absolute atomic E-state index is 11.4. The number of carboxylic acid groups (broad SMARTS) is 2. The summed E-state index contributed by atoms with van der Waals surface area (Å²) in [5.74, 6) is -1.04. The summed E-state index contributed by atoms with van der Waals surface area (Å²) in [4.78, 5) is 44.8. The van der Waals surface area contributed by atoms with E-state index >= 15 is 0 Å². The van der Waals surface area contributed by atoms with Crippen molar-refractivity contribution in [3.05, 3.63) is 0 Å². The second kappa shape index (κ2) is 49.6. The number of aliphatic hydroxyl groups excluding tert-OH is 6. The molecule has 0 saturated heterocycles. The summed E-state index contributed by atoms with van der Waals surface area (Å²) in [6, 6.07) is 0. The summed E-state index contributed by atoms with van der Waals surface area (Å²) in [5.41, 5.74) is -0.755. The molecule has 0 radical (unpaired) electrons. The Balaban J connectivity index is -0.000000536. The SMILES string of the molecule is CC(=O)C(C)(C)CCCCC(O)CCCCC(C)(C)C(=O)O.CC(=O)C(C)(C)CCCCCC(O)CCCCCC(C)(C)C(=O)O.CCC(C)(C)CCCCC(O)CCCCC(C)(C)CO.CCC(C)(C)CCCCCC(O)CCCCCC(C)(C)CO. The Morgan fingerprint density at radius 1 is 0.273 bits per heavy atom. The van der Waals surface area contributed by atoms with Crippen LogP contribution in [0.3, 0.4) is 0 Å². The predicted octanol–water partition coefficient (Wildman–Crippen LogP) is 19.8. The van der Waals surface area contributed by atoms with Gasteiger partial charge in [0.2, 0.25) is 0 Å². The first-order valence-electron chi connectivity index (χ1n) is 35.9. The molecular formula is C76H152O12. The van der Waals surface area contributed by atoms with E-state index in [1.807, 2.05) is 27.7 Å². The molecule has 0 aliphatic carbocycles. The van der Waals surface area contributed by atoms with E-state index < -0.39 is 22.8 Å². The van der Waals surface area contributed by atoms with Crippen LogP contribution in [0, 0.1) is 43.3 Å². The van der Waals surface area contributed by atoms with Gasteiger partial charge < -0.3 is 40.9 Å². The van der Waals surface area contributed by atoms with Crippen LogP contribution in [-0.2, 0) is 19.2 Å². The Bertz CT molecular complexity index is 1610. The van der Waals surface area contributed by atoms with Crippen molar-refractivity contribution in [3.8, 4) is 0 Å². The van der Waals surface area contributed by atoms with Gasteiger partial charge in [-0.2, -0.15) is 0 Å². The highest BCUT2D eigenvalue weighted by Gasteiger charge is 2.28. The van der Waals surface area contributed by atoms with Crippen molar-refractivity contribution in [2.45, 2.75) is 407 Å². The number of aliphatic carboxylic acids is 2. The van der Waals surface area contributed by atoms with E-state index in [9.17, 15) is 49.8 Å². The highest BCUT2D eigenvalue weighted by molar-refractivity contribution is 5.81. The van der Waals surface area contributed by atoms with Gasteiger partial charge in [0.05, 0.1) is 35.2 Å². The van der Waals surface area contributed by atoms with E-state index in [4.69, 9.17) is 10.2 Å².